The molecule has 0 fully saturated rings. The van der Waals surface area contributed by atoms with Crippen molar-refractivity contribution in [3.05, 3.63) is 63.5 Å². The second kappa shape index (κ2) is 6.81. The van der Waals surface area contributed by atoms with Crippen molar-refractivity contribution in [2.75, 3.05) is 7.05 Å². The van der Waals surface area contributed by atoms with E-state index in [-0.39, 0.29) is 18.0 Å². The van der Waals surface area contributed by atoms with Crippen LogP contribution in [0.2, 0.25) is 0 Å². The number of nitro groups is 1. The van der Waals surface area contributed by atoms with Gasteiger partial charge in [0.25, 0.3) is 0 Å². The van der Waals surface area contributed by atoms with Crippen LogP contribution in [0.4, 0.5) is 5.69 Å². The number of aromatic nitrogens is 1. The van der Waals surface area contributed by atoms with Crippen molar-refractivity contribution in [2.45, 2.75) is 20.1 Å². The fourth-order valence-corrected chi connectivity index (χ4v) is 1.97. The van der Waals surface area contributed by atoms with Crippen molar-refractivity contribution in [1.82, 2.24) is 10.3 Å². The maximum absolute atomic E-state index is 11.1. The molecule has 0 aliphatic rings. The molecule has 0 unspecified atom stereocenters. The van der Waals surface area contributed by atoms with E-state index in [1.807, 2.05) is 32.2 Å². The van der Waals surface area contributed by atoms with Crippen molar-refractivity contribution >= 4 is 5.69 Å². The zero-order chi connectivity index (χ0) is 15.2. The first kappa shape index (κ1) is 14.9. The van der Waals surface area contributed by atoms with Crippen LogP contribution < -0.4 is 10.1 Å². The van der Waals surface area contributed by atoms with Gasteiger partial charge in [-0.2, -0.15) is 0 Å². The summed E-state index contributed by atoms with van der Waals surface area (Å²) in [6, 6.07) is 10.5. The molecule has 0 bridgehead atoms. The molecular formula is C15H17N3O3. The molecule has 6 heteroatoms. The highest BCUT2D eigenvalue weighted by Crippen LogP contribution is 2.28. The number of nitrogens with zero attached hydrogens (tertiary/aromatic N) is 2. The summed E-state index contributed by atoms with van der Waals surface area (Å²) in [5, 5.41) is 14.1. The number of nitro benzene ring substituents is 1. The summed E-state index contributed by atoms with van der Waals surface area (Å²) in [7, 11) is 1.82. The van der Waals surface area contributed by atoms with Gasteiger partial charge in [0.15, 0.2) is 5.75 Å². The van der Waals surface area contributed by atoms with E-state index in [0.717, 1.165) is 17.0 Å². The van der Waals surface area contributed by atoms with Gasteiger partial charge in [-0.15, -0.1) is 0 Å². The molecule has 0 spiro atoms. The van der Waals surface area contributed by atoms with E-state index in [0.29, 0.717) is 6.54 Å². The molecule has 1 N–H and O–H groups in total. The normalized spacial score (nSPS) is 10.4. The molecule has 0 radical (unpaired) electrons. The van der Waals surface area contributed by atoms with E-state index in [4.69, 9.17) is 4.74 Å². The highest BCUT2D eigenvalue weighted by molar-refractivity contribution is 5.48. The van der Waals surface area contributed by atoms with E-state index >= 15 is 0 Å². The second-order valence-corrected chi connectivity index (χ2v) is 4.65. The smallest absolute Gasteiger partial charge is 0.310 e. The lowest BCUT2D eigenvalue weighted by Gasteiger charge is -2.09. The second-order valence-electron chi connectivity index (χ2n) is 4.65. The van der Waals surface area contributed by atoms with Crippen LogP contribution in [0.1, 0.15) is 17.0 Å². The predicted octanol–water partition coefficient (Wildman–Crippen LogP) is 2.60. The van der Waals surface area contributed by atoms with Gasteiger partial charge in [0.2, 0.25) is 0 Å². The van der Waals surface area contributed by atoms with Gasteiger partial charge in [-0.25, -0.2) is 0 Å². The lowest BCUT2D eigenvalue weighted by atomic mass is 10.2. The molecule has 0 saturated carbocycles. The maximum atomic E-state index is 11.1. The van der Waals surface area contributed by atoms with Crippen LogP contribution in [0.3, 0.4) is 0 Å². The third-order valence-electron chi connectivity index (χ3n) is 2.92. The minimum Gasteiger partial charge on any atom is -0.480 e. The van der Waals surface area contributed by atoms with Gasteiger partial charge in [0.1, 0.15) is 6.61 Å². The van der Waals surface area contributed by atoms with Gasteiger partial charge in [-0.05, 0) is 37.7 Å². The molecule has 0 aliphatic carbocycles. The molecule has 21 heavy (non-hydrogen) atoms. The fourth-order valence-electron chi connectivity index (χ4n) is 1.97. The Labute approximate surface area is 122 Å². The SMILES string of the molecule is CNCc1ccc([N+](=O)[O-])c(OCc2cccc(C)n2)c1. The Bertz CT molecular complexity index is 644. The van der Waals surface area contributed by atoms with E-state index in [2.05, 4.69) is 10.3 Å². The number of nitrogens with one attached hydrogen (secondary N) is 1. The summed E-state index contributed by atoms with van der Waals surface area (Å²) in [6.07, 6.45) is 0. The van der Waals surface area contributed by atoms with Crippen LogP contribution in [0.25, 0.3) is 0 Å². The largest absolute Gasteiger partial charge is 0.480 e. The molecule has 0 amide bonds. The number of rotatable bonds is 6. The Kier molecular flexibility index (Phi) is 4.84. The van der Waals surface area contributed by atoms with E-state index in [1.165, 1.54) is 6.07 Å². The Morgan fingerprint density at radius 2 is 2.14 bits per heavy atom. The summed E-state index contributed by atoms with van der Waals surface area (Å²) in [5.41, 5.74) is 2.51. The molecule has 0 saturated heterocycles. The average molecular weight is 287 g/mol. The quantitative estimate of drug-likeness (QED) is 0.652. The van der Waals surface area contributed by atoms with Crippen LogP contribution in [-0.2, 0) is 13.2 Å². The Morgan fingerprint density at radius 3 is 2.81 bits per heavy atom. The molecule has 2 rings (SSSR count). The first-order chi connectivity index (χ1) is 10.1. The van der Waals surface area contributed by atoms with Crippen LogP contribution >= 0.6 is 0 Å². The first-order valence-corrected chi connectivity index (χ1v) is 6.57. The zero-order valence-electron chi connectivity index (χ0n) is 12.0. The molecular weight excluding hydrogens is 270 g/mol. The predicted molar refractivity (Wildman–Crippen MR) is 79.2 cm³/mol. The van der Waals surface area contributed by atoms with E-state index < -0.39 is 4.92 Å². The lowest BCUT2D eigenvalue weighted by molar-refractivity contribution is -0.386. The molecule has 0 atom stereocenters. The molecule has 2 aromatic rings. The van der Waals surface area contributed by atoms with Gasteiger partial charge in [0.05, 0.1) is 10.6 Å². The van der Waals surface area contributed by atoms with E-state index in [9.17, 15) is 10.1 Å². The molecule has 1 heterocycles. The fraction of sp³-hybridized carbons (Fsp3) is 0.267. The van der Waals surface area contributed by atoms with E-state index in [1.54, 1.807) is 12.1 Å². The van der Waals surface area contributed by atoms with Crippen molar-refractivity contribution in [1.29, 1.82) is 0 Å². The number of ether oxygens (including phenoxy) is 1. The Balaban J connectivity index is 2.20. The first-order valence-electron chi connectivity index (χ1n) is 6.57. The average Bonchev–Trinajstić information content (AvgIpc) is 2.45. The molecule has 0 aliphatic heterocycles. The Morgan fingerprint density at radius 1 is 1.33 bits per heavy atom. The monoisotopic (exact) mass is 287 g/mol. The molecule has 1 aromatic carbocycles. The number of hydrogen-bond donors (Lipinski definition) is 1. The number of benzene rings is 1. The van der Waals surface area contributed by atoms with Crippen molar-refractivity contribution < 1.29 is 9.66 Å². The van der Waals surface area contributed by atoms with Crippen LogP contribution in [0, 0.1) is 17.0 Å². The molecule has 110 valence electrons. The zero-order valence-corrected chi connectivity index (χ0v) is 12.0. The number of pyridine rings is 1. The third-order valence-corrected chi connectivity index (χ3v) is 2.92. The minimum absolute atomic E-state index is 0.0393. The highest BCUT2D eigenvalue weighted by atomic mass is 16.6. The Hall–Kier alpha value is -2.47. The van der Waals surface area contributed by atoms with Crippen molar-refractivity contribution in [3.8, 4) is 5.75 Å². The van der Waals surface area contributed by atoms with Gasteiger partial charge in [-0.3, -0.25) is 15.1 Å². The van der Waals surface area contributed by atoms with Gasteiger partial charge < -0.3 is 10.1 Å². The minimum atomic E-state index is -0.442. The number of aryl methyl sites for hydroxylation is 1. The molecule has 6 nitrogen and oxygen atoms in total. The topological polar surface area (TPSA) is 77.3 Å². The highest BCUT2D eigenvalue weighted by Gasteiger charge is 2.15. The third kappa shape index (κ3) is 4.00. The summed E-state index contributed by atoms with van der Waals surface area (Å²) < 4.78 is 5.59. The maximum Gasteiger partial charge on any atom is 0.310 e. The van der Waals surface area contributed by atoms with Crippen molar-refractivity contribution in [2.24, 2.45) is 0 Å². The summed E-state index contributed by atoms with van der Waals surface area (Å²) in [4.78, 5) is 14.9. The standard InChI is InChI=1S/C15H17N3O3/c1-11-4-3-5-13(17-11)10-21-15-8-12(9-16-2)6-7-14(15)18(19)20/h3-8,16H,9-10H2,1-2H3. The number of hydrogen-bond acceptors (Lipinski definition) is 5. The van der Waals surface area contributed by atoms with Crippen molar-refractivity contribution in [3.63, 3.8) is 0 Å². The summed E-state index contributed by atoms with van der Waals surface area (Å²) in [5.74, 6) is 0.260. The van der Waals surface area contributed by atoms with Gasteiger partial charge in [-0.1, -0.05) is 12.1 Å². The molecule has 1 aromatic heterocycles. The lowest BCUT2D eigenvalue weighted by Crippen LogP contribution is -2.06. The van der Waals surface area contributed by atoms with Crippen LogP contribution in [0.5, 0.6) is 5.75 Å². The van der Waals surface area contributed by atoms with Gasteiger partial charge >= 0.3 is 5.69 Å². The van der Waals surface area contributed by atoms with Gasteiger partial charge in [0, 0.05) is 18.3 Å². The van der Waals surface area contributed by atoms with Crippen LogP contribution in [-0.4, -0.2) is 17.0 Å². The summed E-state index contributed by atoms with van der Waals surface area (Å²) >= 11 is 0. The summed E-state index contributed by atoms with van der Waals surface area (Å²) in [6.45, 7) is 2.71. The van der Waals surface area contributed by atoms with Crippen LogP contribution in [0.15, 0.2) is 36.4 Å².